The molecule has 0 aliphatic carbocycles. The molecule has 29 heavy (non-hydrogen) atoms. The molecule has 2 aromatic carbocycles. The Labute approximate surface area is 180 Å². The number of likely N-dealkylation sites (tertiary alicyclic amines) is 1. The van der Waals surface area contributed by atoms with Gasteiger partial charge in [-0.3, -0.25) is 4.90 Å². The fourth-order valence-corrected chi connectivity index (χ4v) is 4.74. The van der Waals surface area contributed by atoms with Gasteiger partial charge in [-0.1, -0.05) is 53.5 Å². The van der Waals surface area contributed by atoms with Gasteiger partial charge in [0.2, 0.25) is 0 Å². The summed E-state index contributed by atoms with van der Waals surface area (Å²) in [5, 5.41) is 4.18. The van der Waals surface area contributed by atoms with Crippen molar-refractivity contribution in [2.75, 3.05) is 26.7 Å². The first-order valence-electron chi connectivity index (χ1n) is 9.75. The van der Waals surface area contributed by atoms with Crippen LogP contribution in [0.5, 0.6) is 0 Å². The van der Waals surface area contributed by atoms with Crippen LogP contribution >= 0.6 is 23.2 Å². The highest BCUT2D eigenvalue weighted by atomic mass is 35.5. The zero-order chi connectivity index (χ0) is 20.4. The van der Waals surface area contributed by atoms with Gasteiger partial charge in [0.15, 0.2) is 0 Å². The molecular weight excluding hydrogens is 411 g/mol. The summed E-state index contributed by atoms with van der Waals surface area (Å²) in [6.07, 6.45) is 0.999. The van der Waals surface area contributed by atoms with Crippen LogP contribution in [0, 0.1) is 0 Å². The lowest BCUT2D eigenvalue weighted by Crippen LogP contribution is -2.52. The lowest BCUT2D eigenvalue weighted by molar-refractivity contribution is -0.0846. The number of nitrogens with zero attached hydrogens (tertiary/aromatic N) is 1. The number of amides is 1. The van der Waals surface area contributed by atoms with Crippen LogP contribution in [0.25, 0.3) is 0 Å². The van der Waals surface area contributed by atoms with Crippen LogP contribution in [0.1, 0.15) is 29.9 Å². The van der Waals surface area contributed by atoms with Gasteiger partial charge in [0.1, 0.15) is 11.8 Å². The first-order chi connectivity index (χ1) is 14.0. The van der Waals surface area contributed by atoms with Crippen LogP contribution in [0.4, 0.5) is 4.79 Å². The van der Waals surface area contributed by atoms with Crippen molar-refractivity contribution in [3.8, 4) is 0 Å². The minimum absolute atomic E-state index is 0.0794. The monoisotopic (exact) mass is 434 g/mol. The minimum atomic E-state index is -0.397. The minimum Gasteiger partial charge on any atom is -0.441 e. The Bertz CT molecular complexity index is 867. The molecular formula is C22H24Cl2N2O3. The van der Waals surface area contributed by atoms with Gasteiger partial charge in [-0.05, 0) is 29.3 Å². The number of piperidine rings is 1. The van der Waals surface area contributed by atoms with Crippen molar-refractivity contribution < 1.29 is 14.3 Å². The Morgan fingerprint density at radius 1 is 1.10 bits per heavy atom. The summed E-state index contributed by atoms with van der Waals surface area (Å²) in [5.74, 6) is -0.0794. The smallest absolute Gasteiger partial charge is 0.407 e. The highest BCUT2D eigenvalue weighted by molar-refractivity contribution is 6.31. The highest BCUT2D eigenvalue weighted by Gasteiger charge is 2.45. The summed E-state index contributed by atoms with van der Waals surface area (Å²) in [6, 6.07) is 15.7. The molecule has 154 valence electrons. The third-order valence-electron chi connectivity index (χ3n) is 5.93. The van der Waals surface area contributed by atoms with Crippen molar-refractivity contribution in [1.82, 2.24) is 10.2 Å². The van der Waals surface area contributed by atoms with Crippen LogP contribution in [0.2, 0.25) is 10.0 Å². The molecule has 2 saturated heterocycles. The molecule has 2 atom stereocenters. The number of carbonyl (C=O) groups is 1. The maximum absolute atomic E-state index is 11.5. The van der Waals surface area contributed by atoms with Crippen LogP contribution in [-0.2, 0) is 9.47 Å². The van der Waals surface area contributed by atoms with Gasteiger partial charge in [-0.15, -0.1) is 0 Å². The number of halogens is 2. The Morgan fingerprint density at radius 3 is 2.38 bits per heavy atom. The third-order valence-corrected chi connectivity index (χ3v) is 6.53. The van der Waals surface area contributed by atoms with Gasteiger partial charge >= 0.3 is 6.09 Å². The average Bonchev–Trinajstić information content (AvgIpc) is 3.09. The predicted molar refractivity (Wildman–Crippen MR) is 114 cm³/mol. The van der Waals surface area contributed by atoms with E-state index in [1.165, 1.54) is 0 Å². The number of methoxy groups -OCH3 is 1. The number of ether oxygens (including phenoxy) is 2. The van der Waals surface area contributed by atoms with E-state index in [2.05, 4.69) is 10.2 Å². The molecule has 2 aliphatic rings. The molecule has 5 nitrogen and oxygen atoms in total. The molecule has 2 fully saturated rings. The summed E-state index contributed by atoms with van der Waals surface area (Å²) in [7, 11) is 1.73. The van der Waals surface area contributed by atoms with E-state index in [1.54, 1.807) is 7.11 Å². The van der Waals surface area contributed by atoms with E-state index in [0.29, 0.717) is 16.6 Å². The van der Waals surface area contributed by atoms with Gasteiger partial charge in [0, 0.05) is 43.1 Å². The molecule has 2 unspecified atom stereocenters. The normalized spacial score (nSPS) is 20.9. The molecule has 4 rings (SSSR count). The van der Waals surface area contributed by atoms with Crippen molar-refractivity contribution >= 4 is 29.3 Å². The number of carbonyl (C=O) groups excluding carboxylic acids is 1. The number of hydrogen-bond donors (Lipinski definition) is 1. The Kier molecular flexibility index (Phi) is 6.02. The van der Waals surface area contributed by atoms with Gasteiger partial charge < -0.3 is 14.8 Å². The second-order valence-electron chi connectivity index (χ2n) is 7.64. The SMILES string of the molecule is COC(C(c1ccc(Cl)cc1)c1ccccc1Cl)N1CCC2(CC1)CNC(=O)O2. The van der Waals surface area contributed by atoms with Crippen molar-refractivity contribution in [1.29, 1.82) is 0 Å². The molecule has 2 aromatic rings. The van der Waals surface area contributed by atoms with E-state index >= 15 is 0 Å². The molecule has 0 bridgehead atoms. The summed E-state index contributed by atoms with van der Waals surface area (Å²) in [5.41, 5.74) is 1.70. The summed E-state index contributed by atoms with van der Waals surface area (Å²) in [6.45, 7) is 2.10. The lowest BCUT2D eigenvalue weighted by atomic mass is 9.86. The number of alkyl carbamates (subject to hydrolysis) is 1. The van der Waals surface area contributed by atoms with Crippen molar-refractivity contribution in [2.24, 2.45) is 0 Å². The first kappa shape index (κ1) is 20.5. The zero-order valence-corrected chi connectivity index (χ0v) is 17.7. The van der Waals surface area contributed by atoms with Crippen LogP contribution in [0.3, 0.4) is 0 Å². The summed E-state index contributed by atoms with van der Waals surface area (Å²) >= 11 is 12.7. The van der Waals surface area contributed by atoms with Crippen LogP contribution in [-0.4, -0.2) is 49.6 Å². The molecule has 2 aliphatic heterocycles. The van der Waals surface area contributed by atoms with Gasteiger partial charge in [0.05, 0.1) is 12.5 Å². The van der Waals surface area contributed by atoms with E-state index in [9.17, 15) is 4.79 Å². The second-order valence-corrected chi connectivity index (χ2v) is 8.48. The average molecular weight is 435 g/mol. The standard InChI is InChI=1S/C22H24Cl2N2O3/c1-28-20(26-12-10-22(11-13-26)14-25-21(27)29-22)19(15-6-8-16(23)9-7-15)17-4-2-3-5-18(17)24/h2-9,19-20H,10-14H2,1H3,(H,25,27). The van der Waals surface area contributed by atoms with Gasteiger partial charge in [-0.2, -0.15) is 0 Å². The fourth-order valence-electron chi connectivity index (χ4n) is 4.36. The molecule has 0 aromatic heterocycles. The number of rotatable bonds is 5. The molecule has 0 radical (unpaired) electrons. The molecule has 2 heterocycles. The molecule has 1 spiro atoms. The van der Waals surface area contributed by atoms with E-state index in [1.807, 2.05) is 48.5 Å². The Hall–Kier alpha value is -1.79. The number of nitrogens with one attached hydrogen (secondary N) is 1. The summed E-state index contributed by atoms with van der Waals surface area (Å²) < 4.78 is 11.6. The van der Waals surface area contributed by atoms with Crippen molar-refractivity contribution in [2.45, 2.75) is 30.6 Å². The second kappa shape index (κ2) is 8.52. The first-order valence-corrected chi connectivity index (χ1v) is 10.5. The number of benzene rings is 2. The van der Waals surface area contributed by atoms with E-state index < -0.39 is 5.60 Å². The van der Waals surface area contributed by atoms with Gasteiger partial charge in [-0.25, -0.2) is 4.79 Å². The van der Waals surface area contributed by atoms with Crippen LogP contribution in [0.15, 0.2) is 48.5 Å². The Balaban J connectivity index is 1.63. The van der Waals surface area contributed by atoms with Crippen molar-refractivity contribution in [3.63, 3.8) is 0 Å². The van der Waals surface area contributed by atoms with E-state index in [-0.39, 0.29) is 18.2 Å². The summed E-state index contributed by atoms with van der Waals surface area (Å²) in [4.78, 5) is 13.8. The largest absolute Gasteiger partial charge is 0.441 e. The topological polar surface area (TPSA) is 50.8 Å². The maximum Gasteiger partial charge on any atom is 0.407 e. The Morgan fingerprint density at radius 2 is 1.79 bits per heavy atom. The third kappa shape index (κ3) is 4.24. The zero-order valence-electron chi connectivity index (χ0n) is 16.2. The van der Waals surface area contributed by atoms with Crippen LogP contribution < -0.4 is 5.32 Å². The molecule has 0 saturated carbocycles. The van der Waals surface area contributed by atoms with Crippen molar-refractivity contribution in [3.05, 3.63) is 69.7 Å². The quantitative estimate of drug-likeness (QED) is 0.742. The maximum atomic E-state index is 11.5. The lowest BCUT2D eigenvalue weighted by Gasteiger charge is -2.43. The van der Waals surface area contributed by atoms with E-state index in [4.69, 9.17) is 32.7 Å². The molecule has 7 heteroatoms. The predicted octanol–water partition coefficient (Wildman–Crippen LogP) is 4.67. The molecule has 1 N–H and O–H groups in total. The number of hydrogen-bond acceptors (Lipinski definition) is 4. The van der Waals surface area contributed by atoms with Gasteiger partial charge in [0.25, 0.3) is 0 Å². The fraction of sp³-hybridized carbons (Fsp3) is 0.409. The van der Waals surface area contributed by atoms with E-state index in [0.717, 1.165) is 37.1 Å². The molecule has 1 amide bonds. The highest BCUT2D eigenvalue weighted by Crippen LogP contribution is 2.38.